The molecule has 2 heterocycles. The molecule has 1 aliphatic carbocycles. The van der Waals surface area contributed by atoms with E-state index in [0.29, 0.717) is 23.7 Å². The first-order valence-electron chi connectivity index (χ1n) is 10.5. The van der Waals surface area contributed by atoms with Crippen LogP contribution in [0.3, 0.4) is 0 Å². The zero-order valence-electron chi connectivity index (χ0n) is 17.8. The molecule has 9 nitrogen and oxygen atoms in total. The van der Waals surface area contributed by atoms with Gasteiger partial charge in [-0.2, -0.15) is 5.26 Å². The third-order valence-corrected chi connectivity index (χ3v) is 5.17. The number of fused-ring (bicyclic) bond motifs is 1. The number of carbonyl (C=O) groups excluding carboxylic acids is 1. The summed E-state index contributed by atoms with van der Waals surface area (Å²) in [5.41, 5.74) is 0.471. The molecule has 0 atom stereocenters. The summed E-state index contributed by atoms with van der Waals surface area (Å²) >= 11 is 0. The normalized spacial score (nSPS) is 13.2. The summed E-state index contributed by atoms with van der Waals surface area (Å²) in [6, 6.07) is 10.1. The molecule has 2 N–H and O–H groups in total. The van der Waals surface area contributed by atoms with Crippen LogP contribution in [0, 0.1) is 17.2 Å². The second kappa shape index (κ2) is 8.67. The molecule has 164 valence electrons. The molecule has 2 aromatic heterocycles. The van der Waals surface area contributed by atoms with Gasteiger partial charge < -0.3 is 10.1 Å². The molecule has 1 saturated carbocycles. The van der Waals surface area contributed by atoms with Crippen molar-refractivity contribution in [2.75, 3.05) is 11.9 Å². The summed E-state index contributed by atoms with van der Waals surface area (Å²) < 4.78 is 6.65. The number of amides is 1. The maximum atomic E-state index is 13.2. The van der Waals surface area contributed by atoms with Crippen LogP contribution in [0.4, 0.5) is 5.69 Å². The van der Waals surface area contributed by atoms with E-state index >= 15 is 0 Å². The van der Waals surface area contributed by atoms with Crippen molar-refractivity contribution in [3.8, 4) is 11.8 Å². The molecule has 0 bridgehead atoms. The maximum absolute atomic E-state index is 13.2. The molecule has 0 unspecified atom stereocenters. The first kappa shape index (κ1) is 21.3. The van der Waals surface area contributed by atoms with Crippen molar-refractivity contribution in [2.24, 2.45) is 5.92 Å². The van der Waals surface area contributed by atoms with Gasteiger partial charge in [-0.25, -0.2) is 9.78 Å². The van der Waals surface area contributed by atoms with Crippen LogP contribution in [0.25, 0.3) is 11.0 Å². The smallest absolute Gasteiger partial charge is 0.330 e. The highest BCUT2D eigenvalue weighted by molar-refractivity contribution is 6.11. The molecule has 3 aromatic rings. The molecule has 1 aliphatic rings. The molecule has 0 spiro atoms. The van der Waals surface area contributed by atoms with Crippen LogP contribution in [-0.4, -0.2) is 27.0 Å². The average Bonchev–Trinajstić information content (AvgIpc) is 3.60. The Morgan fingerprint density at radius 2 is 2.03 bits per heavy atom. The molecule has 0 radical (unpaired) electrons. The van der Waals surface area contributed by atoms with E-state index < -0.39 is 17.2 Å². The van der Waals surface area contributed by atoms with E-state index in [4.69, 9.17) is 10.00 Å². The Hall–Kier alpha value is -3.93. The SMILES string of the molecule is CC(C)Cn1c(=O)[nH]c(=O)c2c(C(=O)Nc3ccc(OCC#N)cc3)cc(C3CC3)nc21. The van der Waals surface area contributed by atoms with Crippen LogP contribution >= 0.6 is 0 Å². The Labute approximate surface area is 183 Å². The molecule has 1 aromatic carbocycles. The van der Waals surface area contributed by atoms with Crippen molar-refractivity contribution >= 4 is 22.6 Å². The number of carbonyl (C=O) groups is 1. The first-order chi connectivity index (χ1) is 15.4. The fraction of sp³-hybridized carbons (Fsp3) is 0.348. The highest BCUT2D eigenvalue weighted by atomic mass is 16.5. The van der Waals surface area contributed by atoms with Gasteiger partial charge in [-0.15, -0.1) is 0 Å². The van der Waals surface area contributed by atoms with Gasteiger partial charge in [-0.3, -0.25) is 19.1 Å². The Morgan fingerprint density at radius 3 is 2.66 bits per heavy atom. The predicted molar refractivity (Wildman–Crippen MR) is 119 cm³/mol. The van der Waals surface area contributed by atoms with E-state index in [0.717, 1.165) is 12.8 Å². The first-order valence-corrected chi connectivity index (χ1v) is 10.5. The number of rotatable bonds is 7. The number of anilines is 1. The number of nitrogens with zero attached hydrogens (tertiary/aromatic N) is 3. The highest BCUT2D eigenvalue weighted by Crippen LogP contribution is 2.40. The van der Waals surface area contributed by atoms with Crippen molar-refractivity contribution in [3.63, 3.8) is 0 Å². The Morgan fingerprint density at radius 1 is 1.31 bits per heavy atom. The lowest BCUT2D eigenvalue weighted by Gasteiger charge is -2.15. The molecule has 4 rings (SSSR count). The quantitative estimate of drug-likeness (QED) is 0.589. The second-order valence-corrected chi connectivity index (χ2v) is 8.26. The molecule has 32 heavy (non-hydrogen) atoms. The number of H-pyrrole nitrogens is 1. The standard InChI is InChI=1S/C23H23N5O4/c1-13(2)12-28-20-19(22(30)27-23(28)31)17(11-18(26-20)14-3-4-14)21(29)25-15-5-7-16(8-6-15)32-10-9-24/h5-8,11,13-14H,3-4,10,12H2,1-2H3,(H,25,29)(H,27,30,31). The minimum Gasteiger partial charge on any atom is -0.479 e. The molecule has 0 saturated heterocycles. The lowest BCUT2D eigenvalue weighted by Crippen LogP contribution is -2.33. The van der Waals surface area contributed by atoms with E-state index in [1.807, 2.05) is 19.9 Å². The topological polar surface area (TPSA) is 130 Å². The molecular weight excluding hydrogens is 410 g/mol. The van der Waals surface area contributed by atoms with Gasteiger partial charge in [0.1, 0.15) is 11.8 Å². The summed E-state index contributed by atoms with van der Waals surface area (Å²) in [7, 11) is 0. The van der Waals surface area contributed by atoms with E-state index in [-0.39, 0.29) is 35.0 Å². The largest absolute Gasteiger partial charge is 0.479 e. The summed E-state index contributed by atoms with van der Waals surface area (Å²) in [6.07, 6.45) is 1.92. The third-order valence-electron chi connectivity index (χ3n) is 5.17. The summed E-state index contributed by atoms with van der Waals surface area (Å²) in [4.78, 5) is 45.4. The van der Waals surface area contributed by atoms with Crippen LogP contribution in [0.15, 0.2) is 39.9 Å². The van der Waals surface area contributed by atoms with Gasteiger partial charge in [0.2, 0.25) is 0 Å². The fourth-order valence-corrected chi connectivity index (χ4v) is 3.54. The van der Waals surface area contributed by atoms with E-state index in [2.05, 4.69) is 15.3 Å². The Bertz CT molecular complexity index is 1330. The number of benzene rings is 1. The monoisotopic (exact) mass is 433 g/mol. The lowest BCUT2D eigenvalue weighted by molar-refractivity contribution is 0.102. The average molecular weight is 433 g/mol. The summed E-state index contributed by atoms with van der Waals surface area (Å²) in [6.45, 7) is 4.23. The fourth-order valence-electron chi connectivity index (χ4n) is 3.54. The predicted octanol–water partition coefficient (Wildman–Crippen LogP) is 2.77. The molecule has 0 aliphatic heterocycles. The molecular formula is C23H23N5O4. The number of ether oxygens (including phenoxy) is 1. The maximum Gasteiger partial charge on any atom is 0.330 e. The van der Waals surface area contributed by atoms with Crippen LogP contribution in [0.2, 0.25) is 0 Å². The number of nitriles is 1. The summed E-state index contributed by atoms with van der Waals surface area (Å²) in [5.74, 6) is 0.408. The van der Waals surface area contributed by atoms with E-state index in [1.165, 1.54) is 4.57 Å². The van der Waals surface area contributed by atoms with Gasteiger partial charge in [-0.1, -0.05) is 13.8 Å². The minimum absolute atomic E-state index is 0.0699. The second-order valence-electron chi connectivity index (χ2n) is 8.26. The van der Waals surface area contributed by atoms with Crippen LogP contribution in [0.1, 0.15) is 48.7 Å². The zero-order chi connectivity index (χ0) is 22.8. The van der Waals surface area contributed by atoms with Crippen LogP contribution in [-0.2, 0) is 6.54 Å². The zero-order valence-corrected chi connectivity index (χ0v) is 17.8. The lowest BCUT2D eigenvalue weighted by atomic mass is 10.1. The third kappa shape index (κ3) is 4.39. The van der Waals surface area contributed by atoms with Gasteiger partial charge in [-0.05, 0) is 49.1 Å². The summed E-state index contributed by atoms with van der Waals surface area (Å²) in [5, 5.41) is 11.5. The van der Waals surface area contributed by atoms with Crippen molar-refractivity contribution in [1.29, 1.82) is 5.26 Å². The van der Waals surface area contributed by atoms with Crippen molar-refractivity contribution in [1.82, 2.24) is 14.5 Å². The Kier molecular flexibility index (Phi) is 5.77. The van der Waals surface area contributed by atoms with Gasteiger partial charge in [0, 0.05) is 23.8 Å². The number of hydrogen-bond acceptors (Lipinski definition) is 6. The van der Waals surface area contributed by atoms with Crippen molar-refractivity contribution < 1.29 is 9.53 Å². The number of nitrogens with one attached hydrogen (secondary N) is 2. The van der Waals surface area contributed by atoms with Gasteiger partial charge in [0.25, 0.3) is 11.5 Å². The number of aromatic amines is 1. The van der Waals surface area contributed by atoms with Gasteiger partial charge in [0.15, 0.2) is 12.3 Å². The van der Waals surface area contributed by atoms with Crippen LogP contribution in [0.5, 0.6) is 5.75 Å². The van der Waals surface area contributed by atoms with E-state index in [9.17, 15) is 14.4 Å². The molecule has 1 amide bonds. The van der Waals surface area contributed by atoms with Gasteiger partial charge in [0.05, 0.1) is 10.9 Å². The molecule has 1 fully saturated rings. The number of aromatic nitrogens is 3. The van der Waals surface area contributed by atoms with Crippen LogP contribution < -0.4 is 21.3 Å². The van der Waals surface area contributed by atoms with Crippen molar-refractivity contribution in [3.05, 3.63) is 62.4 Å². The molecule has 9 heteroatoms. The minimum atomic E-state index is -0.634. The number of pyridine rings is 1. The Balaban J connectivity index is 1.77. The van der Waals surface area contributed by atoms with Crippen molar-refractivity contribution in [2.45, 2.75) is 39.2 Å². The highest BCUT2D eigenvalue weighted by Gasteiger charge is 2.29. The van der Waals surface area contributed by atoms with Gasteiger partial charge >= 0.3 is 5.69 Å². The van der Waals surface area contributed by atoms with E-state index in [1.54, 1.807) is 30.3 Å². The number of hydrogen-bond donors (Lipinski definition) is 2.